The first-order valence-electron chi connectivity index (χ1n) is 4.20. The van der Waals surface area contributed by atoms with Gasteiger partial charge in [0.25, 0.3) is 0 Å². The molecule has 1 rings (SSSR count). The smallest absolute Gasteiger partial charge is 0.219 e. The van der Waals surface area contributed by atoms with E-state index in [1.54, 1.807) is 0 Å². The standard InChI is InChI=1S/C8H13N3OS/c1-2-6-5-10-8(13)11(6)4-3-7(9)12/h5H,2-4H2,1H3,(H2,9,12)(H,10,13). The van der Waals surface area contributed by atoms with E-state index in [0.717, 1.165) is 12.1 Å². The average Bonchev–Trinajstić information content (AvgIpc) is 2.43. The number of aromatic amines is 1. The molecule has 0 radical (unpaired) electrons. The van der Waals surface area contributed by atoms with Gasteiger partial charge in [-0.05, 0) is 18.6 Å². The number of nitrogens with two attached hydrogens (primary N) is 1. The van der Waals surface area contributed by atoms with E-state index >= 15 is 0 Å². The highest BCUT2D eigenvalue weighted by atomic mass is 32.1. The summed E-state index contributed by atoms with van der Waals surface area (Å²) in [5, 5.41) is 0. The van der Waals surface area contributed by atoms with Gasteiger partial charge in [-0.25, -0.2) is 0 Å². The number of H-pyrrole nitrogens is 1. The van der Waals surface area contributed by atoms with Gasteiger partial charge in [-0.3, -0.25) is 4.79 Å². The molecule has 0 aliphatic rings. The zero-order valence-electron chi connectivity index (χ0n) is 7.54. The third kappa shape index (κ3) is 2.42. The summed E-state index contributed by atoms with van der Waals surface area (Å²) in [5.74, 6) is -0.301. The van der Waals surface area contributed by atoms with Crippen molar-refractivity contribution in [3.63, 3.8) is 0 Å². The summed E-state index contributed by atoms with van der Waals surface area (Å²) < 4.78 is 2.55. The van der Waals surface area contributed by atoms with Crippen molar-refractivity contribution in [2.24, 2.45) is 5.73 Å². The maximum Gasteiger partial charge on any atom is 0.219 e. The van der Waals surface area contributed by atoms with E-state index in [4.69, 9.17) is 18.0 Å². The fraction of sp³-hybridized carbons (Fsp3) is 0.500. The maximum atomic E-state index is 10.6. The van der Waals surface area contributed by atoms with Gasteiger partial charge < -0.3 is 15.3 Å². The summed E-state index contributed by atoms with van der Waals surface area (Å²) >= 11 is 5.05. The lowest BCUT2D eigenvalue weighted by molar-refractivity contribution is -0.118. The number of primary amides is 1. The first-order chi connectivity index (χ1) is 6.15. The molecule has 72 valence electrons. The molecule has 0 atom stereocenters. The van der Waals surface area contributed by atoms with E-state index in [-0.39, 0.29) is 5.91 Å². The van der Waals surface area contributed by atoms with Gasteiger partial charge in [0.1, 0.15) is 0 Å². The molecule has 0 fully saturated rings. The molecule has 13 heavy (non-hydrogen) atoms. The molecule has 0 unspecified atom stereocenters. The predicted octanol–water partition coefficient (Wildman–Crippen LogP) is 0.983. The Kier molecular flexibility index (Phi) is 3.25. The van der Waals surface area contributed by atoms with E-state index in [1.165, 1.54) is 0 Å². The summed E-state index contributed by atoms with van der Waals surface area (Å²) in [6, 6.07) is 0. The quantitative estimate of drug-likeness (QED) is 0.710. The van der Waals surface area contributed by atoms with Crippen LogP contribution in [0.1, 0.15) is 19.0 Å². The fourth-order valence-corrected chi connectivity index (χ4v) is 1.46. The van der Waals surface area contributed by atoms with E-state index in [0.29, 0.717) is 17.7 Å². The Hall–Kier alpha value is -1.10. The Morgan fingerprint density at radius 2 is 2.46 bits per heavy atom. The number of nitrogens with zero attached hydrogens (tertiary/aromatic N) is 1. The van der Waals surface area contributed by atoms with Crippen LogP contribution in [0.5, 0.6) is 0 Å². The summed E-state index contributed by atoms with van der Waals surface area (Å²) in [7, 11) is 0. The van der Waals surface area contributed by atoms with Crippen LogP contribution in [0.3, 0.4) is 0 Å². The van der Waals surface area contributed by atoms with Gasteiger partial charge in [0, 0.05) is 24.9 Å². The van der Waals surface area contributed by atoms with Gasteiger partial charge in [-0.1, -0.05) is 6.92 Å². The first-order valence-corrected chi connectivity index (χ1v) is 4.61. The van der Waals surface area contributed by atoms with E-state index in [1.807, 2.05) is 17.7 Å². The first kappa shape index (κ1) is 9.98. The minimum absolute atomic E-state index is 0.301. The summed E-state index contributed by atoms with van der Waals surface area (Å²) in [6.07, 6.45) is 3.09. The van der Waals surface area contributed by atoms with Crippen LogP contribution >= 0.6 is 12.2 Å². The highest BCUT2D eigenvalue weighted by Gasteiger charge is 2.02. The van der Waals surface area contributed by atoms with Crippen LogP contribution in [-0.2, 0) is 17.8 Å². The number of amides is 1. The van der Waals surface area contributed by atoms with Crippen molar-refractivity contribution in [2.75, 3.05) is 0 Å². The second-order valence-electron chi connectivity index (χ2n) is 2.81. The third-order valence-electron chi connectivity index (χ3n) is 1.90. The number of hydrogen-bond donors (Lipinski definition) is 2. The van der Waals surface area contributed by atoms with Crippen molar-refractivity contribution >= 4 is 18.1 Å². The largest absolute Gasteiger partial charge is 0.370 e. The summed E-state index contributed by atoms with van der Waals surface area (Å²) in [4.78, 5) is 13.5. The predicted molar refractivity (Wildman–Crippen MR) is 52.8 cm³/mol. The summed E-state index contributed by atoms with van der Waals surface area (Å²) in [5.41, 5.74) is 6.16. The number of aromatic nitrogens is 2. The zero-order valence-corrected chi connectivity index (χ0v) is 8.36. The van der Waals surface area contributed by atoms with Gasteiger partial charge in [0.15, 0.2) is 4.77 Å². The second kappa shape index (κ2) is 4.23. The normalized spacial score (nSPS) is 10.2. The fourth-order valence-electron chi connectivity index (χ4n) is 1.19. The molecule has 0 aliphatic carbocycles. The lowest BCUT2D eigenvalue weighted by Gasteiger charge is -2.03. The van der Waals surface area contributed by atoms with Crippen LogP contribution in [0.4, 0.5) is 0 Å². The number of hydrogen-bond acceptors (Lipinski definition) is 2. The van der Waals surface area contributed by atoms with Gasteiger partial charge in [-0.15, -0.1) is 0 Å². The van der Waals surface area contributed by atoms with Crippen molar-refractivity contribution < 1.29 is 4.79 Å². The number of aryl methyl sites for hydroxylation is 1. The minimum Gasteiger partial charge on any atom is -0.370 e. The molecule has 4 nitrogen and oxygen atoms in total. The van der Waals surface area contributed by atoms with Crippen LogP contribution in [0.25, 0.3) is 0 Å². The van der Waals surface area contributed by atoms with Crippen molar-refractivity contribution in [3.8, 4) is 0 Å². The lowest BCUT2D eigenvalue weighted by atomic mass is 10.3. The molecule has 1 aromatic rings. The summed E-state index contributed by atoms with van der Waals surface area (Å²) in [6.45, 7) is 2.61. The maximum absolute atomic E-state index is 10.6. The molecule has 1 aromatic heterocycles. The lowest BCUT2D eigenvalue weighted by Crippen LogP contribution is -2.14. The zero-order chi connectivity index (χ0) is 9.84. The second-order valence-corrected chi connectivity index (χ2v) is 3.19. The number of rotatable bonds is 4. The molecule has 0 aromatic carbocycles. The van der Waals surface area contributed by atoms with E-state index in [2.05, 4.69) is 4.98 Å². The average molecular weight is 199 g/mol. The van der Waals surface area contributed by atoms with Crippen molar-refractivity contribution in [3.05, 3.63) is 16.7 Å². The number of nitrogens with one attached hydrogen (secondary N) is 1. The van der Waals surface area contributed by atoms with Gasteiger partial charge in [0.2, 0.25) is 5.91 Å². The van der Waals surface area contributed by atoms with Crippen molar-refractivity contribution in [1.82, 2.24) is 9.55 Å². The van der Waals surface area contributed by atoms with Crippen LogP contribution in [0.2, 0.25) is 0 Å². The Balaban J connectivity index is 2.79. The molecule has 3 N–H and O–H groups in total. The molecule has 0 aliphatic heterocycles. The number of carbonyl (C=O) groups is 1. The Labute approximate surface area is 81.8 Å². The molecule has 1 heterocycles. The number of imidazole rings is 1. The van der Waals surface area contributed by atoms with Crippen LogP contribution < -0.4 is 5.73 Å². The highest BCUT2D eigenvalue weighted by Crippen LogP contribution is 2.03. The highest BCUT2D eigenvalue weighted by molar-refractivity contribution is 7.71. The molecule has 0 spiro atoms. The Morgan fingerprint density at radius 3 is 3.00 bits per heavy atom. The van der Waals surface area contributed by atoms with Crippen molar-refractivity contribution in [1.29, 1.82) is 0 Å². The van der Waals surface area contributed by atoms with E-state index < -0.39 is 0 Å². The third-order valence-corrected chi connectivity index (χ3v) is 2.24. The molecule has 5 heteroatoms. The molecule has 0 saturated carbocycles. The van der Waals surface area contributed by atoms with Gasteiger partial charge in [0.05, 0.1) is 0 Å². The minimum atomic E-state index is -0.301. The van der Waals surface area contributed by atoms with Crippen LogP contribution in [0.15, 0.2) is 6.20 Å². The monoisotopic (exact) mass is 199 g/mol. The molecular formula is C8H13N3OS. The van der Waals surface area contributed by atoms with Gasteiger partial charge >= 0.3 is 0 Å². The number of carbonyl (C=O) groups excluding carboxylic acids is 1. The molecule has 1 amide bonds. The van der Waals surface area contributed by atoms with Crippen LogP contribution in [0, 0.1) is 4.77 Å². The molecule has 0 saturated heterocycles. The Bertz CT molecular complexity index is 353. The van der Waals surface area contributed by atoms with Crippen LogP contribution in [-0.4, -0.2) is 15.5 Å². The van der Waals surface area contributed by atoms with E-state index in [9.17, 15) is 4.79 Å². The topological polar surface area (TPSA) is 63.8 Å². The molecular weight excluding hydrogens is 186 g/mol. The SMILES string of the molecule is CCc1c[nH]c(=S)n1CCC(N)=O. The van der Waals surface area contributed by atoms with Crippen molar-refractivity contribution in [2.45, 2.75) is 26.3 Å². The molecule has 0 bridgehead atoms. The van der Waals surface area contributed by atoms with Gasteiger partial charge in [-0.2, -0.15) is 0 Å². The Morgan fingerprint density at radius 1 is 1.77 bits per heavy atom.